The molecule has 2 aromatic rings. The van der Waals surface area contributed by atoms with Crippen molar-refractivity contribution in [3.63, 3.8) is 0 Å². The van der Waals surface area contributed by atoms with Gasteiger partial charge < -0.3 is 25.4 Å². The van der Waals surface area contributed by atoms with Gasteiger partial charge in [0.25, 0.3) is 5.91 Å². The molecule has 11 nitrogen and oxygen atoms in total. The third-order valence-electron chi connectivity index (χ3n) is 5.39. The third kappa shape index (κ3) is 9.63. The van der Waals surface area contributed by atoms with E-state index in [0.717, 1.165) is 11.1 Å². The zero-order valence-electron chi connectivity index (χ0n) is 20.2. The van der Waals surface area contributed by atoms with Gasteiger partial charge in [-0.3, -0.25) is 14.8 Å². The molecule has 0 spiro atoms. The normalized spacial score (nSPS) is 12.9. The van der Waals surface area contributed by atoms with Crippen molar-refractivity contribution in [3.8, 4) is 0 Å². The van der Waals surface area contributed by atoms with Crippen molar-refractivity contribution < 1.29 is 33.9 Å². The number of alkyl carbamates (subject to hydrolysis) is 2. The Labute approximate surface area is 209 Å². The maximum atomic E-state index is 13.0. The molecule has 4 amide bonds. The molecule has 0 saturated heterocycles. The molecular weight excluding hydrogens is 468 g/mol. The highest BCUT2D eigenvalue weighted by Gasteiger charge is 2.30. The Balaban J connectivity index is 1.93. The summed E-state index contributed by atoms with van der Waals surface area (Å²) in [7, 11) is 0. The fraction of sp³-hybridized carbons (Fsp3) is 0.360. The van der Waals surface area contributed by atoms with Gasteiger partial charge in [0.1, 0.15) is 25.3 Å². The molecule has 0 aliphatic carbocycles. The summed E-state index contributed by atoms with van der Waals surface area (Å²) in [5.41, 5.74) is 3.01. The lowest BCUT2D eigenvalue weighted by Crippen LogP contribution is -2.58. The first-order valence-electron chi connectivity index (χ1n) is 11.5. The van der Waals surface area contributed by atoms with Gasteiger partial charge in [-0.1, -0.05) is 80.9 Å². The lowest BCUT2D eigenvalue weighted by Gasteiger charge is -2.25. The van der Waals surface area contributed by atoms with Gasteiger partial charge in [-0.2, -0.15) is 0 Å². The van der Waals surface area contributed by atoms with Crippen molar-refractivity contribution in [1.82, 2.24) is 21.4 Å². The van der Waals surface area contributed by atoms with Crippen LogP contribution in [0.4, 0.5) is 9.59 Å². The number of carbonyl (C=O) groups excluding carboxylic acids is 4. The fourth-order valence-corrected chi connectivity index (χ4v) is 3.10. The molecule has 0 aromatic heterocycles. The molecule has 0 saturated carbocycles. The summed E-state index contributed by atoms with van der Waals surface area (Å²) in [5.74, 6) is -1.95. The summed E-state index contributed by atoms with van der Waals surface area (Å²) in [6.07, 6.45) is -1.08. The molecule has 0 radical (unpaired) electrons. The van der Waals surface area contributed by atoms with Crippen LogP contribution in [0.3, 0.4) is 0 Å². The zero-order valence-corrected chi connectivity index (χ0v) is 20.2. The average Bonchev–Trinajstić information content (AvgIpc) is 2.91. The van der Waals surface area contributed by atoms with E-state index in [1.54, 1.807) is 43.3 Å². The fourth-order valence-electron chi connectivity index (χ4n) is 3.10. The van der Waals surface area contributed by atoms with Crippen molar-refractivity contribution in [2.24, 2.45) is 5.92 Å². The Morgan fingerprint density at radius 1 is 0.806 bits per heavy atom. The SMILES string of the molecule is CC[C@H](C)[C@H](NC(=O)OCc1ccccc1)C(=O)N[C@@H](CNC(=O)OCc1ccccc1)C(=O)NO. The Bertz CT molecular complexity index is 988. The molecule has 11 heteroatoms. The summed E-state index contributed by atoms with van der Waals surface area (Å²) >= 11 is 0. The number of hydroxylamine groups is 1. The molecule has 0 fully saturated rings. The molecule has 2 aromatic carbocycles. The summed E-state index contributed by atoms with van der Waals surface area (Å²) in [6, 6.07) is 15.7. The highest BCUT2D eigenvalue weighted by molar-refractivity contribution is 5.91. The summed E-state index contributed by atoms with van der Waals surface area (Å²) in [4.78, 5) is 49.4. The number of ether oxygens (including phenoxy) is 2. The number of carbonyl (C=O) groups is 4. The summed E-state index contributed by atoms with van der Waals surface area (Å²) in [5, 5.41) is 16.4. The van der Waals surface area contributed by atoms with Crippen LogP contribution in [0.5, 0.6) is 0 Å². The largest absolute Gasteiger partial charge is 0.445 e. The summed E-state index contributed by atoms with van der Waals surface area (Å²) < 4.78 is 10.3. The van der Waals surface area contributed by atoms with Gasteiger partial charge in [-0.25, -0.2) is 15.1 Å². The van der Waals surface area contributed by atoms with Crippen LogP contribution in [0, 0.1) is 5.92 Å². The molecule has 0 aliphatic rings. The van der Waals surface area contributed by atoms with Crippen LogP contribution in [0.15, 0.2) is 60.7 Å². The van der Waals surface area contributed by atoms with Gasteiger partial charge in [-0.05, 0) is 17.0 Å². The smallest absolute Gasteiger partial charge is 0.408 e. The second-order valence-corrected chi connectivity index (χ2v) is 8.05. The molecule has 5 N–H and O–H groups in total. The van der Waals surface area contributed by atoms with Crippen molar-refractivity contribution >= 4 is 24.0 Å². The number of rotatable bonds is 12. The number of hydrogen-bond donors (Lipinski definition) is 5. The van der Waals surface area contributed by atoms with Crippen LogP contribution in [0.25, 0.3) is 0 Å². The van der Waals surface area contributed by atoms with Crippen molar-refractivity contribution in [3.05, 3.63) is 71.8 Å². The Morgan fingerprint density at radius 3 is 1.83 bits per heavy atom. The molecule has 36 heavy (non-hydrogen) atoms. The molecule has 0 bridgehead atoms. The molecule has 0 heterocycles. The molecular formula is C25H32N4O7. The number of amides is 4. The first kappa shape index (κ1) is 28.1. The molecule has 194 valence electrons. The highest BCUT2D eigenvalue weighted by Crippen LogP contribution is 2.10. The quantitative estimate of drug-likeness (QED) is 0.221. The maximum absolute atomic E-state index is 13.0. The van der Waals surface area contributed by atoms with Crippen LogP contribution in [-0.4, -0.2) is 47.8 Å². The van der Waals surface area contributed by atoms with Gasteiger partial charge in [-0.15, -0.1) is 0 Å². The minimum absolute atomic E-state index is 0.0149. The lowest BCUT2D eigenvalue weighted by atomic mass is 9.98. The van der Waals surface area contributed by atoms with E-state index in [1.165, 1.54) is 5.48 Å². The van der Waals surface area contributed by atoms with E-state index in [0.29, 0.717) is 6.42 Å². The molecule has 0 aliphatic heterocycles. The van der Waals surface area contributed by atoms with Crippen molar-refractivity contribution in [2.45, 2.75) is 45.6 Å². The van der Waals surface area contributed by atoms with Crippen LogP contribution < -0.4 is 21.4 Å². The van der Waals surface area contributed by atoms with E-state index < -0.39 is 36.1 Å². The van der Waals surface area contributed by atoms with E-state index in [2.05, 4.69) is 16.0 Å². The Morgan fingerprint density at radius 2 is 1.33 bits per heavy atom. The van der Waals surface area contributed by atoms with Crippen molar-refractivity contribution in [1.29, 1.82) is 0 Å². The summed E-state index contributed by atoms with van der Waals surface area (Å²) in [6.45, 7) is 3.26. The van der Waals surface area contributed by atoms with Gasteiger partial charge in [0, 0.05) is 0 Å². The van der Waals surface area contributed by atoms with Crippen LogP contribution in [-0.2, 0) is 32.3 Å². The Kier molecular flexibility index (Phi) is 11.7. The van der Waals surface area contributed by atoms with E-state index in [1.807, 2.05) is 31.2 Å². The zero-order chi connectivity index (χ0) is 26.3. The molecule has 0 unspecified atom stereocenters. The number of nitrogens with one attached hydrogen (secondary N) is 4. The second kappa shape index (κ2) is 15.0. The van der Waals surface area contributed by atoms with E-state index in [4.69, 9.17) is 14.7 Å². The molecule has 2 rings (SSSR count). The van der Waals surface area contributed by atoms with Crippen LogP contribution in [0.1, 0.15) is 31.4 Å². The van der Waals surface area contributed by atoms with E-state index >= 15 is 0 Å². The average molecular weight is 501 g/mol. The number of hydrogen-bond acceptors (Lipinski definition) is 7. The Hall–Kier alpha value is -4.12. The van der Waals surface area contributed by atoms with Gasteiger partial charge in [0.15, 0.2) is 0 Å². The van der Waals surface area contributed by atoms with Crippen LogP contribution >= 0.6 is 0 Å². The monoisotopic (exact) mass is 500 g/mol. The van der Waals surface area contributed by atoms with Gasteiger partial charge >= 0.3 is 12.2 Å². The van der Waals surface area contributed by atoms with Crippen molar-refractivity contribution in [2.75, 3.05) is 6.54 Å². The topological polar surface area (TPSA) is 155 Å². The first-order chi connectivity index (χ1) is 17.3. The predicted octanol–water partition coefficient (Wildman–Crippen LogP) is 2.24. The molecule has 3 atom stereocenters. The van der Waals surface area contributed by atoms with Gasteiger partial charge in [0.2, 0.25) is 5.91 Å². The van der Waals surface area contributed by atoms with E-state index in [9.17, 15) is 19.2 Å². The van der Waals surface area contributed by atoms with E-state index in [-0.39, 0.29) is 25.7 Å². The minimum atomic E-state index is -1.33. The second-order valence-electron chi connectivity index (χ2n) is 8.05. The lowest BCUT2D eigenvalue weighted by molar-refractivity contribution is -0.135. The highest BCUT2D eigenvalue weighted by atomic mass is 16.6. The predicted molar refractivity (Wildman–Crippen MR) is 129 cm³/mol. The number of benzene rings is 2. The van der Waals surface area contributed by atoms with Crippen LogP contribution in [0.2, 0.25) is 0 Å². The standard InChI is InChI=1S/C25H32N4O7/c1-3-17(2)21(28-25(33)36-16-19-12-8-5-9-13-19)23(31)27-20(22(30)29-34)14-26-24(32)35-15-18-10-6-4-7-11-18/h4-13,17,20-21,34H,3,14-16H2,1-2H3,(H,26,32)(H,27,31)(H,28,33)(H,29,30)/t17-,20-,21-/m0/s1. The third-order valence-corrected chi connectivity index (χ3v) is 5.39. The van der Waals surface area contributed by atoms with Gasteiger partial charge in [0.05, 0.1) is 6.54 Å². The first-order valence-corrected chi connectivity index (χ1v) is 11.5. The minimum Gasteiger partial charge on any atom is -0.445 e. The maximum Gasteiger partial charge on any atom is 0.408 e.